The van der Waals surface area contributed by atoms with Gasteiger partial charge in [0.2, 0.25) is 17.8 Å². The number of ether oxygens (including phenoxy) is 3. The van der Waals surface area contributed by atoms with E-state index < -0.39 is 46.9 Å². The Bertz CT molecular complexity index is 2360. The molecule has 4 heterocycles. The Morgan fingerprint density at radius 1 is 0.869 bits per heavy atom. The van der Waals surface area contributed by atoms with E-state index in [4.69, 9.17) is 19.2 Å². The van der Waals surface area contributed by atoms with Crippen LogP contribution in [0.5, 0.6) is 11.5 Å². The van der Waals surface area contributed by atoms with E-state index in [1.165, 1.54) is 0 Å². The van der Waals surface area contributed by atoms with Crippen molar-refractivity contribution in [3.8, 4) is 11.5 Å². The van der Waals surface area contributed by atoms with Gasteiger partial charge in [0.1, 0.15) is 35.9 Å². The van der Waals surface area contributed by atoms with Crippen LogP contribution in [-0.4, -0.2) is 87.0 Å². The zero-order chi connectivity index (χ0) is 43.3. The molecule has 15 nitrogen and oxygen atoms in total. The largest absolute Gasteiger partial charge is 0.490 e. The first-order valence-electron chi connectivity index (χ1n) is 20.6. The van der Waals surface area contributed by atoms with E-state index in [1.54, 1.807) is 24.4 Å². The molecule has 0 bridgehead atoms. The molecule has 0 radical (unpaired) electrons. The molecular formula is C46H51N7O8. The van der Waals surface area contributed by atoms with E-state index in [2.05, 4.69) is 59.0 Å². The summed E-state index contributed by atoms with van der Waals surface area (Å²) >= 11 is 0. The fourth-order valence-corrected chi connectivity index (χ4v) is 8.19. The number of amides is 5. The van der Waals surface area contributed by atoms with Crippen molar-refractivity contribution in [2.75, 3.05) is 23.3 Å². The van der Waals surface area contributed by atoms with Gasteiger partial charge < -0.3 is 29.7 Å². The average Bonchev–Trinajstić information content (AvgIpc) is 3.42. The Hall–Kier alpha value is -6.51. The Morgan fingerprint density at radius 3 is 2.18 bits per heavy atom. The molecule has 4 aliphatic rings. The maximum atomic E-state index is 13.2. The summed E-state index contributed by atoms with van der Waals surface area (Å²) in [6.45, 7) is 13.3. The fraction of sp³-hybridized carbons (Fsp3) is 0.413. The number of nitrogens with one attached hydrogen (secondary N) is 3. The van der Waals surface area contributed by atoms with E-state index in [0.29, 0.717) is 24.7 Å². The molecule has 1 saturated carbocycles. The number of hydrogen-bond donors (Lipinski definition) is 3. The molecule has 3 fully saturated rings. The van der Waals surface area contributed by atoms with Crippen LogP contribution in [0.2, 0.25) is 0 Å². The number of rotatable bonds is 12. The molecule has 61 heavy (non-hydrogen) atoms. The number of carbonyl (C=O) groups excluding carboxylic acids is 5. The van der Waals surface area contributed by atoms with E-state index in [0.717, 1.165) is 46.1 Å². The number of hydrogen-bond acceptors (Lipinski definition) is 12. The second-order valence-electron chi connectivity index (χ2n) is 18.1. The second-order valence-corrected chi connectivity index (χ2v) is 18.1. The van der Waals surface area contributed by atoms with Gasteiger partial charge in [-0.05, 0) is 93.8 Å². The van der Waals surface area contributed by atoms with Gasteiger partial charge in [0, 0.05) is 55.7 Å². The number of benzene rings is 3. The second kappa shape index (κ2) is 15.8. The molecule has 318 valence electrons. The molecule has 2 saturated heterocycles. The highest BCUT2D eigenvalue weighted by Gasteiger charge is 2.45. The Balaban J connectivity index is 0.789. The van der Waals surface area contributed by atoms with Crippen molar-refractivity contribution in [3.05, 3.63) is 107 Å². The molecule has 0 spiro atoms. The van der Waals surface area contributed by atoms with E-state index >= 15 is 0 Å². The SMILES string of the molecule is CC1(NC(=O)OC(C)(C)C)CN(c2nccc(COc3ccc(C(C)(C)c4ccc(OC5CC(Nc6ccc7c(c6)C(=O)N(C6CCC(=O)NC6=O)C7=O)C5)cc4)cc3)n2)C1. The summed E-state index contributed by atoms with van der Waals surface area (Å²) in [7, 11) is 0. The van der Waals surface area contributed by atoms with E-state index in [9.17, 15) is 24.0 Å². The summed E-state index contributed by atoms with van der Waals surface area (Å²) < 4.78 is 17.8. The first kappa shape index (κ1) is 41.2. The number of imide groups is 2. The number of piperidine rings is 1. The zero-order valence-electron chi connectivity index (χ0n) is 35.2. The van der Waals surface area contributed by atoms with Gasteiger partial charge in [-0.15, -0.1) is 0 Å². The van der Waals surface area contributed by atoms with Gasteiger partial charge in [-0.3, -0.25) is 29.4 Å². The summed E-state index contributed by atoms with van der Waals surface area (Å²) in [6, 6.07) is 22.3. The standard InChI is InChI=1S/C46H51N7O8/c1-44(2,3)61-43(58)51-46(6)25-52(26-46)42-47-20-19-30(49-42)24-59-32-12-7-27(8-13-32)45(4,5)28-9-14-33(15-10-28)60-34-21-31(22-34)48-29-11-16-35-36(23-29)41(57)53(40(35)56)37-17-18-38(54)50-39(37)55/h7-16,19-20,23,31,34,37,48H,17-18,21-22,24-26H2,1-6H3,(H,51,58)(H,50,54,55). The van der Waals surface area contributed by atoms with Crippen molar-refractivity contribution in [2.45, 2.75) is 109 Å². The summed E-state index contributed by atoms with van der Waals surface area (Å²) in [6.07, 6.45) is 3.02. The van der Waals surface area contributed by atoms with Crippen LogP contribution < -0.4 is 30.3 Å². The average molecular weight is 830 g/mol. The number of fused-ring (bicyclic) bond motifs is 1. The molecule has 4 aromatic rings. The lowest BCUT2D eigenvalue weighted by molar-refractivity contribution is -0.136. The van der Waals surface area contributed by atoms with Gasteiger partial charge in [0.15, 0.2) is 0 Å². The molecule has 3 aromatic carbocycles. The number of alkyl carbamates (subject to hydrolysis) is 1. The van der Waals surface area contributed by atoms with E-state index in [-0.39, 0.29) is 48.1 Å². The highest BCUT2D eigenvalue weighted by molar-refractivity contribution is 6.23. The summed E-state index contributed by atoms with van der Waals surface area (Å²) in [5.41, 5.74) is 2.95. The van der Waals surface area contributed by atoms with Crippen molar-refractivity contribution < 1.29 is 38.2 Å². The van der Waals surface area contributed by atoms with E-state index in [1.807, 2.05) is 62.9 Å². The first-order valence-corrected chi connectivity index (χ1v) is 20.6. The molecule has 1 aromatic heterocycles. The van der Waals surface area contributed by atoms with Crippen LogP contribution >= 0.6 is 0 Å². The molecule has 3 N–H and O–H groups in total. The molecule has 15 heteroatoms. The van der Waals surface area contributed by atoms with Crippen molar-refractivity contribution in [2.24, 2.45) is 0 Å². The van der Waals surface area contributed by atoms with Gasteiger partial charge in [-0.25, -0.2) is 14.8 Å². The Labute approximate surface area is 354 Å². The predicted molar refractivity (Wildman–Crippen MR) is 226 cm³/mol. The van der Waals surface area contributed by atoms with Gasteiger partial charge in [0.05, 0.1) is 22.4 Å². The van der Waals surface area contributed by atoms with Crippen LogP contribution in [0.4, 0.5) is 16.4 Å². The molecule has 1 aliphatic carbocycles. The number of aromatic nitrogens is 2. The van der Waals surface area contributed by atoms with Crippen LogP contribution in [-0.2, 0) is 26.3 Å². The Kier molecular flexibility index (Phi) is 10.7. The lowest BCUT2D eigenvalue weighted by Crippen LogP contribution is -2.69. The molecule has 1 atom stereocenters. The van der Waals surface area contributed by atoms with Crippen LogP contribution in [0.15, 0.2) is 79.0 Å². The van der Waals surface area contributed by atoms with Gasteiger partial charge in [-0.2, -0.15) is 0 Å². The molecule has 1 unspecified atom stereocenters. The van der Waals surface area contributed by atoms with Crippen molar-refractivity contribution in [1.29, 1.82) is 0 Å². The monoisotopic (exact) mass is 829 g/mol. The minimum absolute atomic E-state index is 0.0260. The fourth-order valence-electron chi connectivity index (χ4n) is 8.19. The predicted octanol–water partition coefficient (Wildman–Crippen LogP) is 5.91. The topological polar surface area (TPSA) is 181 Å². The summed E-state index contributed by atoms with van der Waals surface area (Å²) in [5.74, 6) is 0.0161. The number of carbonyl (C=O) groups is 5. The van der Waals surface area contributed by atoms with Crippen LogP contribution in [0.3, 0.4) is 0 Å². The Morgan fingerprint density at radius 2 is 1.52 bits per heavy atom. The third kappa shape index (κ3) is 8.86. The number of anilines is 2. The molecule has 5 amide bonds. The summed E-state index contributed by atoms with van der Waals surface area (Å²) in [5, 5.41) is 8.62. The smallest absolute Gasteiger partial charge is 0.408 e. The first-order chi connectivity index (χ1) is 28.9. The maximum Gasteiger partial charge on any atom is 0.408 e. The van der Waals surface area contributed by atoms with Crippen molar-refractivity contribution in [1.82, 2.24) is 25.5 Å². The van der Waals surface area contributed by atoms with Gasteiger partial charge >= 0.3 is 6.09 Å². The maximum absolute atomic E-state index is 13.2. The quantitative estimate of drug-likeness (QED) is 0.144. The highest BCUT2D eigenvalue weighted by Crippen LogP contribution is 2.36. The zero-order valence-corrected chi connectivity index (χ0v) is 35.2. The minimum atomic E-state index is -0.995. The third-order valence-corrected chi connectivity index (χ3v) is 11.6. The van der Waals surface area contributed by atoms with Crippen LogP contribution in [0.1, 0.15) is 105 Å². The third-order valence-electron chi connectivity index (χ3n) is 11.6. The molecular weight excluding hydrogens is 779 g/mol. The van der Waals surface area contributed by atoms with Crippen molar-refractivity contribution in [3.63, 3.8) is 0 Å². The summed E-state index contributed by atoms with van der Waals surface area (Å²) in [4.78, 5) is 74.6. The normalized spacial score (nSPS) is 20.9. The van der Waals surface area contributed by atoms with Crippen molar-refractivity contribution >= 4 is 41.4 Å². The van der Waals surface area contributed by atoms with Crippen LogP contribution in [0, 0.1) is 0 Å². The molecule has 3 aliphatic heterocycles. The van der Waals surface area contributed by atoms with Gasteiger partial charge in [-0.1, -0.05) is 38.1 Å². The lowest BCUT2D eigenvalue weighted by Gasteiger charge is -2.48. The van der Waals surface area contributed by atoms with Gasteiger partial charge in [0.25, 0.3) is 11.8 Å². The van der Waals surface area contributed by atoms with Crippen LogP contribution in [0.25, 0.3) is 0 Å². The number of nitrogens with zero attached hydrogens (tertiary/aromatic N) is 4. The molecule has 8 rings (SSSR count). The highest BCUT2D eigenvalue weighted by atomic mass is 16.6. The minimum Gasteiger partial charge on any atom is -0.490 e. The lowest BCUT2D eigenvalue weighted by atomic mass is 9.78.